The highest BCUT2D eigenvalue weighted by Crippen LogP contribution is 2.21. The number of hydrogen-bond acceptors (Lipinski definition) is 4. The number of anilines is 1. The molecule has 0 aliphatic heterocycles. The Bertz CT molecular complexity index is 685. The van der Waals surface area contributed by atoms with Crippen LogP contribution in [0.5, 0.6) is 0 Å². The number of nitrogens with zero attached hydrogens (tertiary/aromatic N) is 2. The van der Waals surface area contributed by atoms with Crippen LogP contribution in [-0.4, -0.2) is 43.0 Å². The molecule has 2 rings (SSSR count). The third kappa shape index (κ3) is 4.55. The predicted octanol–water partition coefficient (Wildman–Crippen LogP) is 2.53. The van der Waals surface area contributed by atoms with Gasteiger partial charge < -0.3 is 10.6 Å². The summed E-state index contributed by atoms with van der Waals surface area (Å²) < 4.78 is 0. The SMILES string of the molecule is Cc1ccccc1[C@H](C(=O)NCCNc1ncccc1C)N(C)C. The van der Waals surface area contributed by atoms with Gasteiger partial charge in [0.05, 0.1) is 0 Å². The summed E-state index contributed by atoms with van der Waals surface area (Å²) >= 11 is 0. The minimum absolute atomic E-state index is 0.00819. The van der Waals surface area contributed by atoms with Gasteiger partial charge in [-0.05, 0) is 50.7 Å². The average molecular weight is 326 g/mol. The Morgan fingerprint density at radius 3 is 2.46 bits per heavy atom. The number of hydrogen-bond donors (Lipinski definition) is 2. The molecule has 5 heteroatoms. The molecule has 128 valence electrons. The summed E-state index contributed by atoms with van der Waals surface area (Å²) in [6.45, 7) is 5.22. The first-order valence-electron chi connectivity index (χ1n) is 8.16. The van der Waals surface area contributed by atoms with Crippen molar-refractivity contribution in [2.75, 3.05) is 32.5 Å². The lowest BCUT2D eigenvalue weighted by molar-refractivity contribution is -0.125. The van der Waals surface area contributed by atoms with Crippen LogP contribution < -0.4 is 10.6 Å². The summed E-state index contributed by atoms with van der Waals surface area (Å²) in [7, 11) is 3.85. The largest absolute Gasteiger partial charge is 0.368 e. The van der Waals surface area contributed by atoms with Gasteiger partial charge in [-0.3, -0.25) is 9.69 Å². The maximum absolute atomic E-state index is 12.6. The molecule has 1 aromatic carbocycles. The lowest BCUT2D eigenvalue weighted by atomic mass is 10.00. The molecular formula is C19H26N4O. The Morgan fingerprint density at radius 2 is 1.79 bits per heavy atom. The number of carbonyl (C=O) groups excluding carboxylic acids is 1. The molecule has 0 saturated carbocycles. The molecule has 24 heavy (non-hydrogen) atoms. The van der Waals surface area contributed by atoms with Crippen LogP contribution in [0.2, 0.25) is 0 Å². The number of likely N-dealkylation sites (N-methyl/N-ethyl adjacent to an activating group) is 1. The van der Waals surface area contributed by atoms with Crippen molar-refractivity contribution in [3.8, 4) is 0 Å². The molecule has 0 aliphatic rings. The first kappa shape index (κ1) is 17.9. The van der Waals surface area contributed by atoms with Crippen LogP contribution >= 0.6 is 0 Å². The fourth-order valence-electron chi connectivity index (χ4n) is 2.68. The number of pyridine rings is 1. The second kappa shape index (κ2) is 8.45. The van der Waals surface area contributed by atoms with Crippen molar-refractivity contribution in [1.29, 1.82) is 0 Å². The number of rotatable bonds is 7. The molecule has 0 radical (unpaired) electrons. The van der Waals surface area contributed by atoms with Crippen molar-refractivity contribution in [1.82, 2.24) is 15.2 Å². The summed E-state index contributed by atoms with van der Waals surface area (Å²) in [5.74, 6) is 0.864. The first-order valence-corrected chi connectivity index (χ1v) is 8.16. The van der Waals surface area contributed by atoms with E-state index in [0.29, 0.717) is 13.1 Å². The van der Waals surface area contributed by atoms with Gasteiger partial charge in [0.15, 0.2) is 0 Å². The Labute approximate surface area is 144 Å². The van der Waals surface area contributed by atoms with Gasteiger partial charge in [0.1, 0.15) is 11.9 Å². The van der Waals surface area contributed by atoms with Crippen LogP contribution in [0.25, 0.3) is 0 Å². The van der Waals surface area contributed by atoms with Crippen LogP contribution in [0.1, 0.15) is 22.7 Å². The molecule has 1 atom stereocenters. The third-order valence-corrected chi connectivity index (χ3v) is 3.97. The van der Waals surface area contributed by atoms with Crippen molar-refractivity contribution < 1.29 is 4.79 Å². The highest BCUT2D eigenvalue weighted by molar-refractivity contribution is 5.83. The van der Waals surface area contributed by atoms with E-state index >= 15 is 0 Å². The number of nitrogens with one attached hydrogen (secondary N) is 2. The van der Waals surface area contributed by atoms with Gasteiger partial charge >= 0.3 is 0 Å². The van der Waals surface area contributed by atoms with Gasteiger partial charge in [-0.2, -0.15) is 0 Å². The van der Waals surface area contributed by atoms with E-state index in [1.165, 1.54) is 0 Å². The fourth-order valence-corrected chi connectivity index (χ4v) is 2.68. The topological polar surface area (TPSA) is 57.3 Å². The summed E-state index contributed by atoms with van der Waals surface area (Å²) in [4.78, 5) is 18.8. The minimum atomic E-state index is -0.289. The molecular weight excluding hydrogens is 300 g/mol. The van der Waals surface area contributed by atoms with Gasteiger partial charge in [-0.15, -0.1) is 0 Å². The van der Waals surface area contributed by atoms with Gasteiger partial charge in [0, 0.05) is 19.3 Å². The standard InChI is InChI=1S/C19H26N4O/c1-14-8-5-6-10-16(14)17(23(3)4)19(24)22-13-12-21-18-15(2)9-7-11-20-18/h5-11,17H,12-13H2,1-4H3,(H,20,21)(H,22,24)/t17-/m1/s1. The van der Waals surface area contributed by atoms with Crippen LogP contribution in [0, 0.1) is 13.8 Å². The summed E-state index contributed by atoms with van der Waals surface area (Å²) in [5.41, 5.74) is 3.25. The number of aromatic nitrogens is 1. The van der Waals surface area contributed by atoms with Crippen molar-refractivity contribution in [3.63, 3.8) is 0 Å². The van der Waals surface area contributed by atoms with Crippen molar-refractivity contribution in [2.24, 2.45) is 0 Å². The molecule has 0 saturated heterocycles. The molecule has 0 spiro atoms. The van der Waals surface area contributed by atoms with E-state index in [0.717, 1.165) is 22.5 Å². The van der Waals surface area contributed by atoms with E-state index in [-0.39, 0.29) is 11.9 Å². The van der Waals surface area contributed by atoms with Gasteiger partial charge in [0.25, 0.3) is 0 Å². The van der Waals surface area contributed by atoms with Crippen LogP contribution in [0.4, 0.5) is 5.82 Å². The maximum Gasteiger partial charge on any atom is 0.242 e. The Hall–Kier alpha value is -2.40. The summed E-state index contributed by atoms with van der Waals surface area (Å²) in [5, 5.41) is 6.26. The fraction of sp³-hybridized carbons (Fsp3) is 0.368. The number of aryl methyl sites for hydroxylation is 2. The molecule has 0 unspecified atom stereocenters. The van der Waals surface area contributed by atoms with E-state index in [9.17, 15) is 4.79 Å². The zero-order chi connectivity index (χ0) is 17.5. The second-order valence-electron chi connectivity index (χ2n) is 6.11. The molecule has 5 nitrogen and oxygen atoms in total. The number of benzene rings is 1. The predicted molar refractivity (Wildman–Crippen MR) is 98.1 cm³/mol. The smallest absolute Gasteiger partial charge is 0.242 e. The van der Waals surface area contributed by atoms with Crippen molar-refractivity contribution in [2.45, 2.75) is 19.9 Å². The second-order valence-corrected chi connectivity index (χ2v) is 6.11. The molecule has 1 heterocycles. The third-order valence-electron chi connectivity index (χ3n) is 3.97. The van der Waals surface area contributed by atoms with E-state index in [4.69, 9.17) is 0 Å². The van der Waals surface area contributed by atoms with Crippen molar-refractivity contribution >= 4 is 11.7 Å². The van der Waals surface area contributed by atoms with E-state index in [1.807, 2.05) is 69.2 Å². The van der Waals surface area contributed by atoms with Gasteiger partial charge in [-0.1, -0.05) is 30.3 Å². The quantitative estimate of drug-likeness (QED) is 0.768. The molecule has 2 aromatic rings. The minimum Gasteiger partial charge on any atom is -0.368 e. The number of carbonyl (C=O) groups is 1. The first-order chi connectivity index (χ1) is 11.5. The zero-order valence-corrected chi connectivity index (χ0v) is 14.8. The van der Waals surface area contributed by atoms with Crippen LogP contribution in [-0.2, 0) is 4.79 Å². The Morgan fingerprint density at radius 1 is 1.08 bits per heavy atom. The molecule has 2 N–H and O–H groups in total. The number of amides is 1. The molecule has 0 fully saturated rings. The maximum atomic E-state index is 12.6. The van der Waals surface area contributed by atoms with Crippen LogP contribution in [0.15, 0.2) is 42.6 Å². The van der Waals surface area contributed by atoms with Gasteiger partial charge in [-0.25, -0.2) is 4.98 Å². The highest BCUT2D eigenvalue weighted by atomic mass is 16.2. The Balaban J connectivity index is 1.92. The van der Waals surface area contributed by atoms with Gasteiger partial charge in [0.2, 0.25) is 5.91 Å². The lowest BCUT2D eigenvalue weighted by Gasteiger charge is -2.25. The van der Waals surface area contributed by atoms with E-state index < -0.39 is 0 Å². The molecule has 0 bridgehead atoms. The van der Waals surface area contributed by atoms with Crippen molar-refractivity contribution in [3.05, 3.63) is 59.3 Å². The van der Waals surface area contributed by atoms with E-state index in [2.05, 4.69) is 15.6 Å². The summed E-state index contributed by atoms with van der Waals surface area (Å²) in [6, 6.07) is 11.6. The molecule has 1 amide bonds. The lowest BCUT2D eigenvalue weighted by Crippen LogP contribution is -2.39. The van der Waals surface area contributed by atoms with Crippen LogP contribution in [0.3, 0.4) is 0 Å². The zero-order valence-electron chi connectivity index (χ0n) is 14.8. The highest BCUT2D eigenvalue weighted by Gasteiger charge is 2.23. The monoisotopic (exact) mass is 326 g/mol. The summed E-state index contributed by atoms with van der Waals surface area (Å²) in [6.07, 6.45) is 1.76. The molecule has 1 aromatic heterocycles. The normalized spacial score (nSPS) is 12.0. The van der Waals surface area contributed by atoms with E-state index in [1.54, 1.807) is 6.20 Å². The Kier molecular flexibility index (Phi) is 6.32. The molecule has 0 aliphatic carbocycles. The average Bonchev–Trinajstić information content (AvgIpc) is 2.55.